The van der Waals surface area contributed by atoms with Gasteiger partial charge >= 0.3 is 0 Å². The molecule has 31 heavy (non-hydrogen) atoms. The van der Waals surface area contributed by atoms with Crippen LogP contribution in [-0.4, -0.2) is 48.1 Å². The molecular weight excluding hydrogens is 395 g/mol. The highest BCUT2D eigenvalue weighted by Crippen LogP contribution is 2.38. The highest BCUT2D eigenvalue weighted by molar-refractivity contribution is 5.98. The average Bonchev–Trinajstić information content (AvgIpc) is 3.35. The van der Waals surface area contributed by atoms with Gasteiger partial charge in [-0.3, -0.25) is 4.79 Å². The van der Waals surface area contributed by atoms with E-state index in [1.165, 1.54) is 17.7 Å². The molecule has 2 N–H and O–H groups in total. The van der Waals surface area contributed by atoms with Crippen LogP contribution >= 0.6 is 0 Å². The number of para-hydroxylation sites is 1. The predicted molar refractivity (Wildman–Crippen MR) is 120 cm³/mol. The third-order valence-corrected chi connectivity index (χ3v) is 6.00. The maximum atomic E-state index is 13.7. The Kier molecular flexibility index (Phi) is 6.39. The molecule has 1 fully saturated rings. The molecule has 0 radical (unpaired) electrons. The van der Waals surface area contributed by atoms with Gasteiger partial charge in [0.2, 0.25) is 5.91 Å². The van der Waals surface area contributed by atoms with Crippen LogP contribution in [0.3, 0.4) is 0 Å². The second-order valence-corrected chi connectivity index (χ2v) is 8.10. The first kappa shape index (κ1) is 21.2. The summed E-state index contributed by atoms with van der Waals surface area (Å²) in [4.78, 5) is 20.9. The Morgan fingerprint density at radius 2 is 2.13 bits per heavy atom. The number of rotatable bonds is 6. The van der Waals surface area contributed by atoms with Crippen LogP contribution in [-0.2, 0) is 11.3 Å². The number of phenolic OH excluding ortho intramolecular Hbond substituents is 1. The summed E-state index contributed by atoms with van der Waals surface area (Å²) in [6.45, 7) is 5.49. The lowest BCUT2D eigenvalue weighted by Crippen LogP contribution is -2.41. The summed E-state index contributed by atoms with van der Waals surface area (Å²) in [6.07, 6.45) is 2.55. The van der Waals surface area contributed by atoms with Crippen molar-refractivity contribution in [3.8, 4) is 5.75 Å². The number of nitrogens with one attached hydrogen (secondary N) is 1. The molecule has 2 aromatic rings. The van der Waals surface area contributed by atoms with Gasteiger partial charge in [0, 0.05) is 44.2 Å². The van der Waals surface area contributed by atoms with Crippen molar-refractivity contribution in [3.63, 3.8) is 0 Å². The first-order valence-corrected chi connectivity index (χ1v) is 11.0. The van der Waals surface area contributed by atoms with Crippen molar-refractivity contribution in [1.82, 2.24) is 10.2 Å². The summed E-state index contributed by atoms with van der Waals surface area (Å²) >= 11 is 0. The molecule has 2 aromatic carbocycles. The summed E-state index contributed by atoms with van der Waals surface area (Å²) < 4.78 is 13.7. The number of anilines is 1. The first-order chi connectivity index (χ1) is 15.1. The number of hydrogen-bond donors (Lipinski definition) is 2. The van der Waals surface area contributed by atoms with E-state index in [-0.39, 0.29) is 11.7 Å². The van der Waals surface area contributed by atoms with Gasteiger partial charge in [-0.15, -0.1) is 0 Å². The minimum atomic E-state index is -0.638. The Labute approximate surface area is 182 Å². The summed E-state index contributed by atoms with van der Waals surface area (Å²) in [5, 5.41) is 12.8. The molecule has 1 unspecified atom stereocenters. The molecule has 0 spiro atoms. The van der Waals surface area contributed by atoms with Crippen molar-refractivity contribution < 1.29 is 14.3 Å². The smallest absolute Gasteiger partial charge is 0.222 e. The molecule has 2 aliphatic heterocycles. The number of guanidine groups is 1. The second-order valence-electron chi connectivity index (χ2n) is 8.10. The van der Waals surface area contributed by atoms with Gasteiger partial charge in [-0.2, -0.15) is 0 Å². The third kappa shape index (κ3) is 4.65. The molecule has 6 nitrogen and oxygen atoms in total. The quantitative estimate of drug-likeness (QED) is 0.549. The van der Waals surface area contributed by atoms with Crippen LogP contribution in [0.1, 0.15) is 43.2 Å². The van der Waals surface area contributed by atoms with Gasteiger partial charge in [0.25, 0.3) is 0 Å². The van der Waals surface area contributed by atoms with Crippen molar-refractivity contribution in [3.05, 3.63) is 59.4 Å². The fourth-order valence-corrected chi connectivity index (χ4v) is 4.40. The maximum absolute atomic E-state index is 13.7. The highest BCUT2D eigenvalue weighted by atomic mass is 19.1. The molecule has 7 heteroatoms. The number of halogens is 1. The zero-order valence-electron chi connectivity index (χ0n) is 17.9. The minimum absolute atomic E-state index is 0.263. The predicted octanol–water partition coefficient (Wildman–Crippen LogP) is 3.61. The van der Waals surface area contributed by atoms with E-state index in [1.807, 2.05) is 17.9 Å². The molecule has 0 saturated carbocycles. The van der Waals surface area contributed by atoms with Crippen LogP contribution in [0, 0.1) is 5.82 Å². The standard InChI is InChI=1S/C24H29FN4O2/c1-2-26-24(27-15-17-9-10-22(30)20(25)14-17)29-16-18(19-6-3-4-7-21(19)29)11-13-28-12-5-8-23(28)31/h3-4,6-7,9-10,14,18,30H,2,5,8,11-13,15-16H2,1H3,(H,26,27). The molecule has 2 heterocycles. The first-order valence-electron chi connectivity index (χ1n) is 11.0. The molecule has 1 amide bonds. The van der Waals surface area contributed by atoms with Crippen LogP contribution in [0.15, 0.2) is 47.5 Å². The number of hydrogen-bond acceptors (Lipinski definition) is 3. The molecular formula is C24H29FN4O2. The Hall–Kier alpha value is -3.09. The molecule has 0 bridgehead atoms. The normalized spacial score (nSPS) is 18.6. The van der Waals surface area contributed by atoms with Gasteiger partial charge in [0.1, 0.15) is 0 Å². The molecule has 1 atom stereocenters. The molecule has 4 rings (SSSR count). The number of carbonyl (C=O) groups is 1. The number of aliphatic imine (C=N–C) groups is 1. The number of fused-ring (bicyclic) bond motifs is 1. The number of aromatic hydroxyl groups is 1. The molecule has 0 aromatic heterocycles. The van der Waals surface area contributed by atoms with Crippen molar-refractivity contribution >= 4 is 17.6 Å². The Morgan fingerprint density at radius 3 is 2.87 bits per heavy atom. The molecule has 164 valence electrons. The lowest BCUT2D eigenvalue weighted by molar-refractivity contribution is -0.127. The van der Waals surface area contributed by atoms with Crippen LogP contribution in [0.5, 0.6) is 5.75 Å². The number of nitrogens with zero attached hydrogens (tertiary/aromatic N) is 3. The van der Waals surface area contributed by atoms with Gasteiger partial charge in [0.15, 0.2) is 17.5 Å². The number of carbonyl (C=O) groups excluding carboxylic acids is 1. The van der Waals surface area contributed by atoms with E-state index in [4.69, 9.17) is 4.99 Å². The Morgan fingerprint density at radius 1 is 1.29 bits per heavy atom. The monoisotopic (exact) mass is 424 g/mol. The van der Waals surface area contributed by atoms with Gasteiger partial charge in [-0.1, -0.05) is 24.3 Å². The van der Waals surface area contributed by atoms with E-state index < -0.39 is 5.82 Å². The zero-order chi connectivity index (χ0) is 21.8. The van der Waals surface area contributed by atoms with Crippen LogP contribution < -0.4 is 10.2 Å². The van der Waals surface area contributed by atoms with E-state index in [1.54, 1.807) is 6.07 Å². The fraction of sp³-hybridized carbons (Fsp3) is 0.417. The van der Waals surface area contributed by atoms with Gasteiger partial charge in [-0.05, 0) is 49.1 Å². The lowest BCUT2D eigenvalue weighted by Gasteiger charge is -2.23. The second kappa shape index (κ2) is 9.37. The van der Waals surface area contributed by atoms with Gasteiger partial charge < -0.3 is 20.2 Å². The van der Waals surface area contributed by atoms with Crippen molar-refractivity contribution in [1.29, 1.82) is 0 Å². The van der Waals surface area contributed by atoms with Crippen LogP contribution in [0.2, 0.25) is 0 Å². The summed E-state index contributed by atoms with van der Waals surface area (Å²) in [6, 6.07) is 12.7. The molecule has 2 aliphatic rings. The Bertz CT molecular complexity index is 978. The van der Waals surface area contributed by atoms with E-state index >= 15 is 0 Å². The van der Waals surface area contributed by atoms with E-state index in [0.29, 0.717) is 31.0 Å². The van der Waals surface area contributed by atoms with Gasteiger partial charge in [0.05, 0.1) is 6.54 Å². The SMILES string of the molecule is CCNC(=NCc1ccc(O)c(F)c1)N1CC(CCN2CCCC2=O)c2ccccc21. The highest BCUT2D eigenvalue weighted by Gasteiger charge is 2.32. The lowest BCUT2D eigenvalue weighted by atomic mass is 9.98. The average molecular weight is 425 g/mol. The van der Waals surface area contributed by atoms with Gasteiger partial charge in [-0.25, -0.2) is 9.38 Å². The zero-order valence-corrected chi connectivity index (χ0v) is 17.9. The van der Waals surface area contributed by atoms with Crippen molar-refractivity contribution in [2.45, 2.75) is 38.6 Å². The third-order valence-electron chi connectivity index (χ3n) is 6.00. The summed E-state index contributed by atoms with van der Waals surface area (Å²) in [5.41, 5.74) is 3.09. The van der Waals surface area contributed by atoms with Crippen molar-refractivity contribution in [2.75, 3.05) is 31.1 Å². The minimum Gasteiger partial charge on any atom is -0.505 e. The van der Waals surface area contributed by atoms with Crippen LogP contribution in [0.25, 0.3) is 0 Å². The van der Waals surface area contributed by atoms with E-state index in [9.17, 15) is 14.3 Å². The summed E-state index contributed by atoms with van der Waals surface area (Å²) in [7, 11) is 0. The summed E-state index contributed by atoms with van der Waals surface area (Å²) in [5.74, 6) is 0.343. The van der Waals surface area contributed by atoms with E-state index in [0.717, 1.165) is 44.1 Å². The molecule has 1 saturated heterocycles. The molecule has 0 aliphatic carbocycles. The maximum Gasteiger partial charge on any atom is 0.222 e. The number of amides is 1. The largest absolute Gasteiger partial charge is 0.505 e. The topological polar surface area (TPSA) is 68.2 Å². The number of likely N-dealkylation sites (tertiary alicyclic amines) is 1. The van der Waals surface area contributed by atoms with E-state index in [2.05, 4.69) is 28.4 Å². The number of benzene rings is 2. The van der Waals surface area contributed by atoms with Crippen LogP contribution in [0.4, 0.5) is 10.1 Å². The number of phenols is 1. The van der Waals surface area contributed by atoms with Crippen molar-refractivity contribution in [2.24, 2.45) is 4.99 Å². The fourth-order valence-electron chi connectivity index (χ4n) is 4.40. The Balaban J connectivity index is 1.52.